The first kappa shape index (κ1) is 20.9. The lowest BCUT2D eigenvalue weighted by molar-refractivity contribution is -0.119. The van der Waals surface area contributed by atoms with Gasteiger partial charge in [-0.05, 0) is 35.4 Å². The number of para-hydroxylation sites is 1. The standard InChI is InChI=1S/C25H23N3O2S/c1-3-15-28-24(30)21-12-6-7-14-22(21)27-25(28)31-16-23(29)26-17(2)19-13-8-10-18-9-4-5-11-20(18)19/h3-14,17H,1,15-16H2,2H3,(H,26,29). The summed E-state index contributed by atoms with van der Waals surface area (Å²) in [7, 11) is 0. The van der Waals surface area contributed by atoms with Crippen LogP contribution in [-0.2, 0) is 11.3 Å². The second-order valence-electron chi connectivity index (χ2n) is 7.26. The van der Waals surface area contributed by atoms with Gasteiger partial charge in [0.25, 0.3) is 5.56 Å². The first-order valence-corrected chi connectivity index (χ1v) is 11.1. The number of nitrogens with zero attached hydrogens (tertiary/aromatic N) is 2. The normalized spacial score (nSPS) is 12.0. The van der Waals surface area contributed by atoms with Crippen molar-refractivity contribution >= 4 is 39.3 Å². The van der Waals surface area contributed by atoms with E-state index in [-0.39, 0.29) is 23.3 Å². The van der Waals surface area contributed by atoms with Gasteiger partial charge in [0.15, 0.2) is 5.16 Å². The van der Waals surface area contributed by atoms with Gasteiger partial charge in [0.05, 0.1) is 22.7 Å². The van der Waals surface area contributed by atoms with Gasteiger partial charge in [0, 0.05) is 6.54 Å². The molecule has 0 bridgehead atoms. The number of fused-ring (bicyclic) bond motifs is 2. The Bertz CT molecular complexity index is 1320. The molecule has 5 nitrogen and oxygen atoms in total. The van der Waals surface area contributed by atoms with Crippen molar-refractivity contribution in [2.24, 2.45) is 0 Å². The molecule has 1 atom stereocenters. The van der Waals surface area contributed by atoms with Crippen LogP contribution < -0.4 is 10.9 Å². The molecule has 1 amide bonds. The third kappa shape index (κ3) is 4.39. The Labute approximate surface area is 184 Å². The van der Waals surface area contributed by atoms with E-state index in [0.29, 0.717) is 22.6 Å². The second kappa shape index (κ2) is 9.18. The summed E-state index contributed by atoms with van der Waals surface area (Å²) in [6.45, 7) is 6.05. The number of allylic oxidation sites excluding steroid dienone is 1. The Morgan fingerprint density at radius 2 is 1.81 bits per heavy atom. The molecule has 156 valence electrons. The minimum absolute atomic E-state index is 0.113. The highest BCUT2D eigenvalue weighted by Gasteiger charge is 2.15. The molecule has 6 heteroatoms. The zero-order chi connectivity index (χ0) is 21.8. The van der Waals surface area contributed by atoms with Gasteiger partial charge in [0.2, 0.25) is 5.91 Å². The lowest BCUT2D eigenvalue weighted by Gasteiger charge is -2.17. The lowest BCUT2D eigenvalue weighted by Crippen LogP contribution is -2.29. The van der Waals surface area contributed by atoms with Crippen molar-refractivity contribution in [3.8, 4) is 0 Å². The summed E-state index contributed by atoms with van der Waals surface area (Å²) in [6, 6.07) is 21.3. The number of hydrogen-bond donors (Lipinski definition) is 1. The monoisotopic (exact) mass is 429 g/mol. The number of aromatic nitrogens is 2. The molecule has 0 saturated heterocycles. The van der Waals surface area contributed by atoms with Crippen molar-refractivity contribution in [1.82, 2.24) is 14.9 Å². The quantitative estimate of drug-likeness (QED) is 0.263. The van der Waals surface area contributed by atoms with Gasteiger partial charge in [0.1, 0.15) is 0 Å². The number of carbonyl (C=O) groups is 1. The maximum absolute atomic E-state index is 12.8. The first-order chi connectivity index (χ1) is 15.1. The zero-order valence-corrected chi connectivity index (χ0v) is 18.1. The van der Waals surface area contributed by atoms with Crippen LogP contribution in [0.2, 0.25) is 0 Å². The molecule has 1 aromatic heterocycles. The molecule has 0 saturated carbocycles. The van der Waals surface area contributed by atoms with E-state index in [1.165, 1.54) is 11.8 Å². The minimum Gasteiger partial charge on any atom is -0.349 e. The number of amides is 1. The van der Waals surface area contributed by atoms with Crippen molar-refractivity contribution in [2.45, 2.75) is 24.7 Å². The lowest BCUT2D eigenvalue weighted by atomic mass is 10.00. The summed E-state index contributed by atoms with van der Waals surface area (Å²) in [6.07, 6.45) is 1.66. The summed E-state index contributed by atoms with van der Waals surface area (Å²) in [5, 5.41) is 6.40. The van der Waals surface area contributed by atoms with Crippen LogP contribution in [0.25, 0.3) is 21.7 Å². The third-order valence-electron chi connectivity index (χ3n) is 5.14. The van der Waals surface area contributed by atoms with Crippen LogP contribution in [0.3, 0.4) is 0 Å². The number of carbonyl (C=O) groups excluding carboxylic acids is 1. The molecule has 3 aromatic carbocycles. The highest BCUT2D eigenvalue weighted by molar-refractivity contribution is 7.99. The fourth-order valence-electron chi connectivity index (χ4n) is 3.67. The summed E-state index contributed by atoms with van der Waals surface area (Å²) < 4.78 is 1.56. The SMILES string of the molecule is C=CCn1c(SCC(=O)NC(C)c2cccc3ccccc23)nc2ccccc2c1=O. The van der Waals surface area contributed by atoms with Crippen LogP contribution in [0.15, 0.2) is 89.3 Å². The Morgan fingerprint density at radius 1 is 1.10 bits per heavy atom. The van der Waals surface area contributed by atoms with E-state index in [2.05, 4.69) is 35.1 Å². The van der Waals surface area contributed by atoms with Crippen LogP contribution in [0.5, 0.6) is 0 Å². The van der Waals surface area contributed by atoms with E-state index in [0.717, 1.165) is 16.3 Å². The Morgan fingerprint density at radius 3 is 2.61 bits per heavy atom. The minimum atomic E-state index is -0.140. The molecule has 1 N–H and O–H groups in total. The fourth-order valence-corrected chi connectivity index (χ4v) is 4.49. The molecular formula is C25H23N3O2S. The fraction of sp³-hybridized carbons (Fsp3) is 0.160. The van der Waals surface area contributed by atoms with Gasteiger partial charge >= 0.3 is 0 Å². The number of benzene rings is 3. The van der Waals surface area contributed by atoms with Crippen LogP contribution in [0.4, 0.5) is 0 Å². The van der Waals surface area contributed by atoms with E-state index in [4.69, 9.17) is 0 Å². The summed E-state index contributed by atoms with van der Waals surface area (Å²) in [4.78, 5) is 30.1. The molecule has 0 fully saturated rings. The smallest absolute Gasteiger partial charge is 0.262 e. The topological polar surface area (TPSA) is 64.0 Å². The van der Waals surface area contributed by atoms with Gasteiger partial charge in [-0.25, -0.2) is 4.98 Å². The molecule has 4 aromatic rings. The van der Waals surface area contributed by atoms with E-state index >= 15 is 0 Å². The van der Waals surface area contributed by atoms with Gasteiger partial charge < -0.3 is 5.32 Å². The third-order valence-corrected chi connectivity index (χ3v) is 6.11. The Balaban J connectivity index is 1.52. The van der Waals surface area contributed by atoms with Crippen LogP contribution >= 0.6 is 11.8 Å². The van der Waals surface area contributed by atoms with Gasteiger partial charge in [-0.3, -0.25) is 14.2 Å². The first-order valence-electron chi connectivity index (χ1n) is 10.1. The average molecular weight is 430 g/mol. The van der Waals surface area contributed by atoms with Crippen molar-refractivity contribution < 1.29 is 4.79 Å². The molecular weight excluding hydrogens is 406 g/mol. The van der Waals surface area contributed by atoms with Crippen LogP contribution in [0.1, 0.15) is 18.5 Å². The maximum atomic E-state index is 12.8. The van der Waals surface area contributed by atoms with E-state index in [1.807, 2.05) is 49.4 Å². The molecule has 0 aliphatic carbocycles. The largest absolute Gasteiger partial charge is 0.349 e. The molecule has 1 heterocycles. The molecule has 0 radical (unpaired) electrons. The molecule has 0 aliphatic heterocycles. The van der Waals surface area contributed by atoms with E-state index < -0.39 is 0 Å². The highest BCUT2D eigenvalue weighted by atomic mass is 32.2. The van der Waals surface area contributed by atoms with Crippen LogP contribution in [0, 0.1) is 0 Å². The Kier molecular flexibility index (Phi) is 6.18. The predicted octanol–water partition coefficient (Wildman–Crippen LogP) is 4.71. The highest BCUT2D eigenvalue weighted by Crippen LogP contribution is 2.24. The summed E-state index contributed by atoms with van der Waals surface area (Å²) in [5.41, 5.74) is 1.57. The van der Waals surface area contributed by atoms with Gasteiger partial charge in [-0.1, -0.05) is 72.4 Å². The molecule has 0 aliphatic rings. The predicted molar refractivity (Wildman–Crippen MR) is 127 cm³/mol. The van der Waals surface area contributed by atoms with Crippen molar-refractivity contribution in [1.29, 1.82) is 0 Å². The van der Waals surface area contributed by atoms with Crippen molar-refractivity contribution in [2.75, 3.05) is 5.75 Å². The van der Waals surface area contributed by atoms with Crippen LogP contribution in [-0.4, -0.2) is 21.2 Å². The number of nitrogens with one attached hydrogen (secondary N) is 1. The molecule has 1 unspecified atom stereocenters. The van der Waals surface area contributed by atoms with E-state index in [9.17, 15) is 9.59 Å². The van der Waals surface area contributed by atoms with Crippen molar-refractivity contribution in [3.05, 3.63) is 95.3 Å². The van der Waals surface area contributed by atoms with E-state index in [1.54, 1.807) is 16.7 Å². The average Bonchev–Trinajstić information content (AvgIpc) is 2.79. The number of thioether (sulfide) groups is 1. The van der Waals surface area contributed by atoms with Gasteiger partial charge in [-0.2, -0.15) is 0 Å². The molecule has 31 heavy (non-hydrogen) atoms. The van der Waals surface area contributed by atoms with Gasteiger partial charge in [-0.15, -0.1) is 6.58 Å². The maximum Gasteiger partial charge on any atom is 0.262 e. The Hall–Kier alpha value is -3.38. The summed E-state index contributed by atoms with van der Waals surface area (Å²) in [5.74, 6) is 0.0508. The molecule has 4 rings (SSSR count). The number of rotatable bonds is 7. The summed E-state index contributed by atoms with van der Waals surface area (Å²) >= 11 is 1.26. The van der Waals surface area contributed by atoms with Crippen molar-refractivity contribution in [3.63, 3.8) is 0 Å². The number of hydrogen-bond acceptors (Lipinski definition) is 4. The zero-order valence-electron chi connectivity index (χ0n) is 17.2. The molecule has 0 spiro atoms. The second-order valence-corrected chi connectivity index (χ2v) is 8.20.